The second kappa shape index (κ2) is 2.56. The van der Waals surface area contributed by atoms with E-state index in [0.717, 1.165) is 24.2 Å². The maximum absolute atomic E-state index is 10.7. The summed E-state index contributed by atoms with van der Waals surface area (Å²) < 4.78 is 5.75. The predicted octanol–water partition coefficient (Wildman–Crippen LogP) is 2.38. The van der Waals surface area contributed by atoms with Crippen molar-refractivity contribution in [2.45, 2.75) is 32.3 Å². The topological polar surface area (TPSA) is 29.5 Å². The van der Waals surface area contributed by atoms with Crippen LogP contribution in [0.25, 0.3) is 0 Å². The molecule has 2 nitrogen and oxygen atoms in total. The third-order valence-electron chi connectivity index (χ3n) is 4.17. The highest BCUT2D eigenvalue weighted by Crippen LogP contribution is 2.60. The first-order chi connectivity index (χ1) is 7.05. The van der Waals surface area contributed by atoms with E-state index < -0.39 is 5.60 Å². The molecule has 1 aromatic rings. The number of benzene rings is 1. The zero-order valence-electron chi connectivity index (χ0n) is 9.21. The second-order valence-electron chi connectivity index (χ2n) is 5.21. The molecule has 2 unspecified atom stereocenters. The molecule has 0 saturated heterocycles. The summed E-state index contributed by atoms with van der Waals surface area (Å²) in [7, 11) is 0. The predicted molar refractivity (Wildman–Crippen MR) is 57.9 cm³/mol. The molecule has 0 spiro atoms. The van der Waals surface area contributed by atoms with Gasteiger partial charge in [0.25, 0.3) is 0 Å². The first-order valence-electron chi connectivity index (χ1n) is 5.52. The summed E-state index contributed by atoms with van der Waals surface area (Å²) in [5, 5.41) is 10.7. The average Bonchev–Trinajstić information content (AvgIpc) is 2.22. The number of hydrogen-bond donors (Lipinski definition) is 1. The number of aliphatic hydroxyl groups is 1. The minimum atomic E-state index is -0.645. The molecule has 80 valence electrons. The third-order valence-corrected chi connectivity index (χ3v) is 4.17. The van der Waals surface area contributed by atoms with Crippen molar-refractivity contribution in [3.05, 3.63) is 29.3 Å². The Balaban J connectivity index is 2.16. The van der Waals surface area contributed by atoms with Crippen LogP contribution < -0.4 is 4.74 Å². The van der Waals surface area contributed by atoms with Crippen molar-refractivity contribution >= 4 is 0 Å². The first kappa shape index (κ1) is 9.22. The molecule has 2 heteroatoms. The van der Waals surface area contributed by atoms with Gasteiger partial charge in [-0.2, -0.15) is 0 Å². The maximum Gasteiger partial charge on any atom is 0.125 e. The second-order valence-corrected chi connectivity index (χ2v) is 5.21. The van der Waals surface area contributed by atoms with Crippen molar-refractivity contribution in [2.24, 2.45) is 5.41 Å². The zero-order chi connectivity index (χ0) is 10.7. The normalized spacial score (nSPS) is 37.3. The van der Waals surface area contributed by atoms with Gasteiger partial charge in [0.05, 0.1) is 6.61 Å². The van der Waals surface area contributed by atoms with Crippen LogP contribution in [0.1, 0.15) is 30.9 Å². The van der Waals surface area contributed by atoms with Gasteiger partial charge in [-0.25, -0.2) is 0 Å². The number of ether oxygens (including phenoxy) is 1. The lowest BCUT2D eigenvalue weighted by molar-refractivity contribution is -0.194. The summed E-state index contributed by atoms with van der Waals surface area (Å²) in [6.07, 6.45) is 1.92. The largest absolute Gasteiger partial charge is 0.492 e. The fourth-order valence-electron chi connectivity index (χ4n) is 2.77. The van der Waals surface area contributed by atoms with Gasteiger partial charge < -0.3 is 9.84 Å². The molecule has 0 aromatic heterocycles. The monoisotopic (exact) mass is 204 g/mol. The van der Waals surface area contributed by atoms with E-state index in [1.807, 2.05) is 25.1 Å². The first-order valence-corrected chi connectivity index (χ1v) is 5.52. The number of aryl methyl sites for hydroxylation is 1. The van der Waals surface area contributed by atoms with Crippen LogP contribution in [-0.4, -0.2) is 11.7 Å². The summed E-state index contributed by atoms with van der Waals surface area (Å²) in [6.45, 7) is 4.79. The molecular weight excluding hydrogens is 188 g/mol. The van der Waals surface area contributed by atoms with Gasteiger partial charge in [-0.3, -0.25) is 0 Å². The molecule has 1 aliphatic carbocycles. The molecule has 1 fully saturated rings. The van der Waals surface area contributed by atoms with Crippen molar-refractivity contribution in [2.75, 3.05) is 6.61 Å². The van der Waals surface area contributed by atoms with Crippen LogP contribution in [0.3, 0.4) is 0 Å². The highest BCUT2D eigenvalue weighted by molar-refractivity contribution is 5.45. The van der Waals surface area contributed by atoms with Gasteiger partial charge in [0.1, 0.15) is 11.4 Å². The van der Waals surface area contributed by atoms with Gasteiger partial charge in [0, 0.05) is 11.0 Å². The standard InChI is InChI=1S/C13H16O2/c1-9-3-4-10-11(7-9)15-8-12(2)5-6-13(10,12)14/h3-4,7,14H,5-6,8H2,1-2H3. The Morgan fingerprint density at radius 1 is 1.33 bits per heavy atom. The molecular formula is C13H16O2. The average molecular weight is 204 g/mol. The van der Waals surface area contributed by atoms with Crippen LogP contribution >= 0.6 is 0 Å². The summed E-state index contributed by atoms with van der Waals surface area (Å²) in [6, 6.07) is 6.08. The van der Waals surface area contributed by atoms with Crippen molar-refractivity contribution < 1.29 is 9.84 Å². The van der Waals surface area contributed by atoms with Crippen LogP contribution in [0.4, 0.5) is 0 Å². The minimum Gasteiger partial charge on any atom is -0.492 e. The number of hydrogen-bond acceptors (Lipinski definition) is 2. The number of fused-ring (bicyclic) bond motifs is 3. The minimum absolute atomic E-state index is 0.0741. The van der Waals surface area contributed by atoms with Crippen LogP contribution in [0.2, 0.25) is 0 Å². The highest BCUT2D eigenvalue weighted by Gasteiger charge is 2.59. The lowest BCUT2D eigenvalue weighted by atomic mass is 9.54. The Bertz CT molecular complexity index is 427. The fourth-order valence-corrected chi connectivity index (χ4v) is 2.77. The van der Waals surface area contributed by atoms with E-state index in [1.165, 1.54) is 5.56 Å². The summed E-state index contributed by atoms with van der Waals surface area (Å²) in [4.78, 5) is 0. The SMILES string of the molecule is Cc1ccc2c(c1)OCC1(C)CCC21O. The van der Waals surface area contributed by atoms with Crippen LogP contribution in [0.15, 0.2) is 18.2 Å². The highest BCUT2D eigenvalue weighted by atomic mass is 16.5. The van der Waals surface area contributed by atoms with Gasteiger partial charge in [0.2, 0.25) is 0 Å². The van der Waals surface area contributed by atoms with Gasteiger partial charge in [-0.1, -0.05) is 19.1 Å². The van der Waals surface area contributed by atoms with Crippen LogP contribution in [0.5, 0.6) is 5.75 Å². The van der Waals surface area contributed by atoms with Crippen molar-refractivity contribution in [1.29, 1.82) is 0 Å². The Labute approximate surface area is 89.9 Å². The lowest BCUT2D eigenvalue weighted by Gasteiger charge is -2.57. The fraction of sp³-hybridized carbons (Fsp3) is 0.538. The molecule has 1 N–H and O–H groups in total. The molecule has 0 bridgehead atoms. The van der Waals surface area contributed by atoms with Gasteiger partial charge in [0.15, 0.2) is 0 Å². The molecule has 3 rings (SSSR count). The number of rotatable bonds is 0. The van der Waals surface area contributed by atoms with E-state index >= 15 is 0 Å². The van der Waals surface area contributed by atoms with E-state index in [9.17, 15) is 5.11 Å². The Morgan fingerprint density at radius 3 is 2.80 bits per heavy atom. The van der Waals surface area contributed by atoms with E-state index in [-0.39, 0.29) is 5.41 Å². The van der Waals surface area contributed by atoms with Crippen LogP contribution in [-0.2, 0) is 5.60 Å². The van der Waals surface area contributed by atoms with E-state index in [1.54, 1.807) is 0 Å². The summed E-state index contributed by atoms with van der Waals surface area (Å²) >= 11 is 0. The Hall–Kier alpha value is -1.02. The third kappa shape index (κ3) is 0.979. The smallest absolute Gasteiger partial charge is 0.125 e. The van der Waals surface area contributed by atoms with E-state index in [2.05, 4.69) is 6.92 Å². The van der Waals surface area contributed by atoms with Gasteiger partial charge in [-0.15, -0.1) is 0 Å². The summed E-state index contributed by atoms with van der Waals surface area (Å²) in [5.74, 6) is 0.870. The molecule has 1 heterocycles. The maximum atomic E-state index is 10.7. The van der Waals surface area contributed by atoms with E-state index in [4.69, 9.17) is 4.74 Å². The van der Waals surface area contributed by atoms with Crippen molar-refractivity contribution in [3.63, 3.8) is 0 Å². The Morgan fingerprint density at radius 2 is 2.13 bits per heavy atom. The van der Waals surface area contributed by atoms with Crippen LogP contribution in [0, 0.1) is 12.3 Å². The molecule has 2 atom stereocenters. The molecule has 1 aromatic carbocycles. The molecule has 1 aliphatic heterocycles. The zero-order valence-corrected chi connectivity index (χ0v) is 9.21. The van der Waals surface area contributed by atoms with E-state index in [0.29, 0.717) is 6.61 Å². The molecule has 0 amide bonds. The van der Waals surface area contributed by atoms with Crippen molar-refractivity contribution in [1.82, 2.24) is 0 Å². The lowest BCUT2D eigenvalue weighted by Crippen LogP contribution is -2.58. The quantitative estimate of drug-likeness (QED) is 0.703. The Kier molecular flexibility index (Phi) is 1.57. The molecule has 15 heavy (non-hydrogen) atoms. The van der Waals surface area contributed by atoms with Gasteiger partial charge >= 0.3 is 0 Å². The van der Waals surface area contributed by atoms with Crippen molar-refractivity contribution in [3.8, 4) is 5.75 Å². The molecule has 2 aliphatic rings. The molecule has 1 saturated carbocycles. The molecule has 0 radical (unpaired) electrons. The summed E-state index contributed by atoms with van der Waals surface area (Å²) in [5.41, 5.74) is 1.44. The van der Waals surface area contributed by atoms with Gasteiger partial charge in [-0.05, 0) is 31.4 Å².